The summed E-state index contributed by atoms with van der Waals surface area (Å²) in [5, 5.41) is 6.27. The van der Waals surface area contributed by atoms with Crippen LogP contribution in [0.4, 0.5) is 16.2 Å². The second kappa shape index (κ2) is 7.75. The van der Waals surface area contributed by atoms with Crippen molar-refractivity contribution in [3.8, 4) is 5.75 Å². The summed E-state index contributed by atoms with van der Waals surface area (Å²) in [6, 6.07) is 5.99. The lowest BCUT2D eigenvalue weighted by molar-refractivity contribution is 0.0538. The number of hydrogen-bond donors (Lipinski definition) is 2. The normalized spacial score (nSPS) is 21.0. The van der Waals surface area contributed by atoms with Gasteiger partial charge in [0.25, 0.3) is 0 Å². The number of carbonyl (C=O) groups is 1. The van der Waals surface area contributed by atoms with Gasteiger partial charge in [-0.2, -0.15) is 0 Å². The van der Waals surface area contributed by atoms with Gasteiger partial charge in [-0.3, -0.25) is 5.32 Å². The zero-order valence-corrected chi connectivity index (χ0v) is 15.1. The van der Waals surface area contributed by atoms with Crippen molar-refractivity contribution in [2.24, 2.45) is 5.92 Å². The Balaban J connectivity index is 2.10. The molecule has 0 spiro atoms. The van der Waals surface area contributed by atoms with Gasteiger partial charge in [-0.05, 0) is 51.3 Å². The van der Waals surface area contributed by atoms with Gasteiger partial charge in [0.15, 0.2) is 0 Å². The molecule has 6 nitrogen and oxygen atoms in total. The maximum atomic E-state index is 12.0. The molecule has 1 amide bonds. The van der Waals surface area contributed by atoms with Crippen molar-refractivity contribution in [1.82, 2.24) is 0 Å². The molecule has 0 radical (unpaired) electrons. The van der Waals surface area contributed by atoms with Crippen LogP contribution in [0.3, 0.4) is 0 Å². The molecule has 0 saturated carbocycles. The average molecular weight is 336 g/mol. The molecule has 2 N–H and O–H groups in total. The molecule has 0 bridgehead atoms. The molecule has 2 atom stereocenters. The third kappa shape index (κ3) is 5.30. The van der Waals surface area contributed by atoms with Gasteiger partial charge in [0, 0.05) is 18.3 Å². The minimum atomic E-state index is -0.551. The molecule has 1 saturated heterocycles. The molecule has 2 rings (SSSR count). The van der Waals surface area contributed by atoms with Gasteiger partial charge in [-0.15, -0.1) is 0 Å². The third-order valence-electron chi connectivity index (χ3n) is 3.83. The van der Waals surface area contributed by atoms with Crippen molar-refractivity contribution in [3.63, 3.8) is 0 Å². The molecular weight excluding hydrogens is 308 g/mol. The summed E-state index contributed by atoms with van der Waals surface area (Å²) in [5.74, 6) is 1.02. The van der Waals surface area contributed by atoms with E-state index < -0.39 is 11.7 Å². The molecule has 0 aromatic heterocycles. The number of carbonyl (C=O) groups excluding carboxylic acids is 1. The van der Waals surface area contributed by atoms with E-state index in [9.17, 15) is 4.79 Å². The van der Waals surface area contributed by atoms with Crippen LogP contribution in [0.25, 0.3) is 0 Å². The quantitative estimate of drug-likeness (QED) is 0.873. The smallest absolute Gasteiger partial charge is 0.412 e. The lowest BCUT2D eigenvalue weighted by Crippen LogP contribution is -2.35. The predicted octanol–water partition coefficient (Wildman–Crippen LogP) is 3.88. The van der Waals surface area contributed by atoms with E-state index >= 15 is 0 Å². The van der Waals surface area contributed by atoms with E-state index in [1.807, 2.05) is 39.0 Å². The highest BCUT2D eigenvalue weighted by molar-refractivity contribution is 5.88. The fourth-order valence-electron chi connectivity index (χ4n) is 2.62. The Kier molecular flexibility index (Phi) is 5.94. The van der Waals surface area contributed by atoms with E-state index in [1.54, 1.807) is 7.11 Å². The summed E-state index contributed by atoms with van der Waals surface area (Å²) in [4.78, 5) is 12.0. The molecule has 1 aliphatic heterocycles. The number of hydrogen-bond acceptors (Lipinski definition) is 5. The molecule has 1 aromatic carbocycles. The van der Waals surface area contributed by atoms with Gasteiger partial charge in [-0.1, -0.05) is 6.92 Å². The third-order valence-corrected chi connectivity index (χ3v) is 3.83. The van der Waals surface area contributed by atoms with Crippen molar-refractivity contribution < 1.29 is 19.0 Å². The van der Waals surface area contributed by atoms with E-state index in [1.165, 1.54) is 0 Å². The fraction of sp³-hybridized carbons (Fsp3) is 0.611. The Morgan fingerprint density at radius 1 is 1.33 bits per heavy atom. The van der Waals surface area contributed by atoms with Gasteiger partial charge in [-0.25, -0.2) is 4.79 Å². The molecule has 1 aliphatic rings. The SMILES string of the molecule is COc1ccc(NC2CCOCC2C)cc1NC(=O)OC(C)(C)C. The number of methoxy groups -OCH3 is 1. The first-order valence-electron chi connectivity index (χ1n) is 8.31. The predicted molar refractivity (Wildman–Crippen MR) is 94.9 cm³/mol. The van der Waals surface area contributed by atoms with Crippen LogP contribution >= 0.6 is 0 Å². The van der Waals surface area contributed by atoms with Crippen molar-refractivity contribution >= 4 is 17.5 Å². The van der Waals surface area contributed by atoms with Crippen molar-refractivity contribution in [3.05, 3.63) is 18.2 Å². The van der Waals surface area contributed by atoms with Gasteiger partial charge >= 0.3 is 6.09 Å². The van der Waals surface area contributed by atoms with Crippen LogP contribution in [0, 0.1) is 5.92 Å². The molecule has 6 heteroatoms. The van der Waals surface area contributed by atoms with Crippen LogP contribution in [0.15, 0.2) is 18.2 Å². The second-order valence-electron chi connectivity index (χ2n) is 7.13. The standard InChI is InChI=1S/C18H28N2O4/c1-12-11-23-9-8-14(12)19-13-6-7-16(22-5)15(10-13)20-17(21)24-18(2,3)4/h6-7,10,12,14,19H,8-9,11H2,1-5H3,(H,20,21). The summed E-state index contributed by atoms with van der Waals surface area (Å²) in [7, 11) is 1.57. The van der Waals surface area contributed by atoms with Crippen LogP contribution in [-0.4, -0.2) is 38.1 Å². The largest absolute Gasteiger partial charge is 0.495 e. The first-order valence-corrected chi connectivity index (χ1v) is 8.31. The number of rotatable bonds is 4. The molecule has 1 fully saturated rings. The summed E-state index contributed by atoms with van der Waals surface area (Å²) >= 11 is 0. The Hall–Kier alpha value is -1.95. The molecular formula is C18H28N2O4. The Labute approximate surface area is 143 Å². The molecule has 1 heterocycles. The first-order chi connectivity index (χ1) is 11.3. The van der Waals surface area contributed by atoms with Crippen LogP contribution in [0.5, 0.6) is 5.75 Å². The van der Waals surface area contributed by atoms with E-state index in [0.29, 0.717) is 23.4 Å². The first kappa shape index (κ1) is 18.4. The van der Waals surface area contributed by atoms with E-state index in [-0.39, 0.29) is 0 Å². The maximum absolute atomic E-state index is 12.0. The molecule has 0 aliphatic carbocycles. The van der Waals surface area contributed by atoms with Crippen molar-refractivity contribution in [2.75, 3.05) is 31.0 Å². The van der Waals surface area contributed by atoms with Gasteiger partial charge in [0.1, 0.15) is 11.4 Å². The summed E-state index contributed by atoms with van der Waals surface area (Å²) in [6.45, 7) is 9.18. The van der Waals surface area contributed by atoms with Crippen LogP contribution in [0.1, 0.15) is 34.1 Å². The van der Waals surface area contributed by atoms with E-state index in [2.05, 4.69) is 17.6 Å². The zero-order valence-electron chi connectivity index (χ0n) is 15.1. The monoisotopic (exact) mass is 336 g/mol. The highest BCUT2D eigenvalue weighted by Gasteiger charge is 2.22. The highest BCUT2D eigenvalue weighted by Crippen LogP contribution is 2.30. The number of ether oxygens (including phenoxy) is 3. The van der Waals surface area contributed by atoms with Crippen LogP contribution < -0.4 is 15.4 Å². The Bertz CT molecular complexity index is 569. The van der Waals surface area contributed by atoms with Gasteiger partial charge in [0.05, 0.1) is 19.4 Å². The van der Waals surface area contributed by atoms with Crippen molar-refractivity contribution in [1.29, 1.82) is 0 Å². The van der Waals surface area contributed by atoms with E-state index in [0.717, 1.165) is 25.3 Å². The molecule has 2 unspecified atom stereocenters. The van der Waals surface area contributed by atoms with Crippen molar-refractivity contribution in [2.45, 2.75) is 45.8 Å². The highest BCUT2D eigenvalue weighted by atomic mass is 16.6. The number of nitrogens with one attached hydrogen (secondary N) is 2. The Morgan fingerprint density at radius 3 is 2.71 bits per heavy atom. The lowest BCUT2D eigenvalue weighted by Gasteiger charge is -2.30. The lowest BCUT2D eigenvalue weighted by atomic mass is 9.97. The number of anilines is 2. The van der Waals surface area contributed by atoms with Gasteiger partial charge in [0.2, 0.25) is 0 Å². The van der Waals surface area contributed by atoms with Crippen LogP contribution in [0.2, 0.25) is 0 Å². The zero-order chi connectivity index (χ0) is 17.7. The number of amides is 1. The van der Waals surface area contributed by atoms with Gasteiger partial charge < -0.3 is 19.5 Å². The summed E-state index contributed by atoms with van der Waals surface area (Å²) in [6.07, 6.45) is 0.458. The topological polar surface area (TPSA) is 68.8 Å². The molecule has 1 aromatic rings. The summed E-state index contributed by atoms with van der Waals surface area (Å²) < 4.78 is 16.1. The minimum absolute atomic E-state index is 0.349. The van der Waals surface area contributed by atoms with Crippen LogP contribution in [-0.2, 0) is 9.47 Å². The average Bonchev–Trinajstić information content (AvgIpc) is 2.48. The molecule has 134 valence electrons. The summed E-state index contributed by atoms with van der Waals surface area (Å²) in [5.41, 5.74) is 0.960. The Morgan fingerprint density at radius 2 is 2.08 bits per heavy atom. The molecule has 24 heavy (non-hydrogen) atoms. The van der Waals surface area contributed by atoms with E-state index in [4.69, 9.17) is 14.2 Å². The maximum Gasteiger partial charge on any atom is 0.412 e. The second-order valence-corrected chi connectivity index (χ2v) is 7.13. The fourth-order valence-corrected chi connectivity index (χ4v) is 2.62. The number of benzene rings is 1. The minimum Gasteiger partial charge on any atom is -0.495 e.